The second-order valence-electron chi connectivity index (χ2n) is 4.56. The number of aryl methyl sites for hydroxylation is 1. The predicted octanol–water partition coefficient (Wildman–Crippen LogP) is 4.31. The smallest absolute Gasteiger partial charge is 0.290 e. The van der Waals surface area contributed by atoms with Gasteiger partial charge in [0.25, 0.3) is 5.69 Å². The zero-order chi connectivity index (χ0) is 14.5. The van der Waals surface area contributed by atoms with Gasteiger partial charge in [-0.05, 0) is 30.9 Å². The molecule has 5 nitrogen and oxygen atoms in total. The summed E-state index contributed by atoms with van der Waals surface area (Å²) in [7, 11) is 0. The average Bonchev–Trinajstić information content (AvgIpc) is 2.91. The molecule has 2 heterocycles. The number of nitrogens with zero attached hydrogens (tertiary/aromatic N) is 2. The Labute approximate surface area is 121 Å². The molecular formula is C14H17N3O2S. The number of nitro groups is 1. The fourth-order valence-corrected chi connectivity index (χ4v) is 2.88. The summed E-state index contributed by atoms with van der Waals surface area (Å²) in [4.78, 5) is 15.9. The van der Waals surface area contributed by atoms with Crippen molar-refractivity contribution in [1.82, 2.24) is 4.98 Å². The molecule has 2 aromatic rings. The lowest BCUT2D eigenvalue weighted by atomic mass is 10.1. The van der Waals surface area contributed by atoms with Crippen LogP contribution in [-0.4, -0.2) is 9.91 Å². The summed E-state index contributed by atoms with van der Waals surface area (Å²) in [6.45, 7) is 3.79. The van der Waals surface area contributed by atoms with Gasteiger partial charge in [-0.3, -0.25) is 10.1 Å². The minimum absolute atomic E-state index is 0.0544. The lowest BCUT2D eigenvalue weighted by Gasteiger charge is -2.17. The molecule has 6 heteroatoms. The quantitative estimate of drug-likeness (QED) is 0.636. The van der Waals surface area contributed by atoms with Crippen molar-refractivity contribution in [2.75, 3.05) is 5.32 Å². The Bertz CT molecular complexity index is 584. The van der Waals surface area contributed by atoms with Gasteiger partial charge in [-0.25, -0.2) is 4.98 Å². The Balaban J connectivity index is 2.19. The van der Waals surface area contributed by atoms with Crippen molar-refractivity contribution >= 4 is 22.8 Å². The van der Waals surface area contributed by atoms with Crippen LogP contribution in [0.25, 0.3) is 0 Å². The van der Waals surface area contributed by atoms with E-state index in [1.165, 1.54) is 10.9 Å². The van der Waals surface area contributed by atoms with Crippen molar-refractivity contribution < 1.29 is 4.92 Å². The summed E-state index contributed by atoms with van der Waals surface area (Å²) in [5, 5.41) is 16.2. The Hall–Kier alpha value is -1.95. The highest BCUT2D eigenvalue weighted by molar-refractivity contribution is 7.10. The van der Waals surface area contributed by atoms with Crippen LogP contribution in [-0.2, 0) is 0 Å². The molecule has 2 rings (SSSR count). The van der Waals surface area contributed by atoms with Gasteiger partial charge >= 0.3 is 0 Å². The van der Waals surface area contributed by atoms with E-state index in [9.17, 15) is 10.1 Å². The van der Waals surface area contributed by atoms with Crippen molar-refractivity contribution in [3.8, 4) is 0 Å². The Morgan fingerprint density at radius 3 is 2.80 bits per heavy atom. The molecule has 2 aromatic heterocycles. The molecular weight excluding hydrogens is 274 g/mol. The Morgan fingerprint density at radius 1 is 1.45 bits per heavy atom. The third-order valence-electron chi connectivity index (χ3n) is 3.04. The zero-order valence-corrected chi connectivity index (χ0v) is 12.3. The first-order valence-corrected chi connectivity index (χ1v) is 7.41. The third-order valence-corrected chi connectivity index (χ3v) is 4.03. The van der Waals surface area contributed by atoms with Gasteiger partial charge in [0.2, 0.25) is 0 Å². The number of aromatic nitrogens is 1. The van der Waals surface area contributed by atoms with Gasteiger partial charge in [-0.15, -0.1) is 11.3 Å². The SMILES string of the molecule is CCCC(Nc1ccc([N+](=O)[O-])c(C)n1)c1cccs1. The van der Waals surface area contributed by atoms with Crippen LogP contribution in [0.15, 0.2) is 29.6 Å². The van der Waals surface area contributed by atoms with E-state index in [2.05, 4.69) is 23.3 Å². The molecule has 1 N–H and O–H groups in total. The highest BCUT2D eigenvalue weighted by Gasteiger charge is 2.15. The van der Waals surface area contributed by atoms with Crippen LogP contribution in [0.5, 0.6) is 0 Å². The normalized spacial score (nSPS) is 12.1. The van der Waals surface area contributed by atoms with E-state index in [0.29, 0.717) is 11.5 Å². The van der Waals surface area contributed by atoms with E-state index in [4.69, 9.17) is 0 Å². The van der Waals surface area contributed by atoms with Crippen molar-refractivity contribution in [2.24, 2.45) is 0 Å². The van der Waals surface area contributed by atoms with E-state index in [1.54, 1.807) is 24.3 Å². The summed E-state index contributed by atoms with van der Waals surface area (Å²) < 4.78 is 0. The molecule has 106 valence electrons. The summed E-state index contributed by atoms with van der Waals surface area (Å²) in [5.74, 6) is 0.681. The minimum atomic E-state index is -0.408. The number of thiophene rings is 1. The van der Waals surface area contributed by atoms with Crippen molar-refractivity contribution in [2.45, 2.75) is 32.7 Å². The highest BCUT2D eigenvalue weighted by atomic mass is 32.1. The number of anilines is 1. The standard InChI is InChI=1S/C14H17N3O2S/c1-3-5-11(13-6-4-9-20-13)16-14-8-7-12(17(18)19)10(2)15-14/h4,6-9,11H,3,5H2,1-2H3,(H,15,16). The molecule has 0 aliphatic carbocycles. The van der Waals surface area contributed by atoms with Crippen LogP contribution >= 0.6 is 11.3 Å². The monoisotopic (exact) mass is 291 g/mol. The molecule has 1 atom stereocenters. The zero-order valence-electron chi connectivity index (χ0n) is 11.5. The fourth-order valence-electron chi connectivity index (χ4n) is 2.07. The summed E-state index contributed by atoms with van der Waals surface area (Å²) in [6, 6.07) is 7.49. The van der Waals surface area contributed by atoms with Crippen molar-refractivity contribution in [1.29, 1.82) is 0 Å². The number of pyridine rings is 1. The molecule has 0 fully saturated rings. The molecule has 0 saturated carbocycles. The average molecular weight is 291 g/mol. The van der Waals surface area contributed by atoms with E-state index in [-0.39, 0.29) is 11.7 Å². The van der Waals surface area contributed by atoms with E-state index in [0.717, 1.165) is 12.8 Å². The molecule has 0 radical (unpaired) electrons. The van der Waals surface area contributed by atoms with Crippen LogP contribution in [0.4, 0.5) is 11.5 Å². The third kappa shape index (κ3) is 3.33. The number of hydrogen-bond acceptors (Lipinski definition) is 5. The first-order valence-electron chi connectivity index (χ1n) is 6.53. The van der Waals surface area contributed by atoms with Gasteiger partial charge in [0.1, 0.15) is 11.5 Å². The largest absolute Gasteiger partial charge is 0.362 e. The van der Waals surface area contributed by atoms with E-state index < -0.39 is 4.92 Å². The van der Waals surface area contributed by atoms with Gasteiger partial charge in [-0.1, -0.05) is 19.4 Å². The van der Waals surface area contributed by atoms with Gasteiger partial charge in [-0.2, -0.15) is 0 Å². The highest BCUT2D eigenvalue weighted by Crippen LogP contribution is 2.27. The van der Waals surface area contributed by atoms with Crippen molar-refractivity contribution in [3.63, 3.8) is 0 Å². The van der Waals surface area contributed by atoms with E-state index in [1.807, 2.05) is 11.4 Å². The molecule has 20 heavy (non-hydrogen) atoms. The minimum Gasteiger partial charge on any atom is -0.362 e. The first kappa shape index (κ1) is 14.5. The summed E-state index contributed by atoms with van der Waals surface area (Å²) in [5.41, 5.74) is 0.486. The second-order valence-corrected chi connectivity index (χ2v) is 5.54. The van der Waals surface area contributed by atoms with Crippen LogP contribution in [0.1, 0.15) is 36.4 Å². The lowest BCUT2D eigenvalue weighted by molar-refractivity contribution is -0.385. The number of nitrogens with one attached hydrogen (secondary N) is 1. The predicted molar refractivity (Wildman–Crippen MR) is 81.2 cm³/mol. The maximum atomic E-state index is 10.8. The Kier molecular flexibility index (Phi) is 4.68. The molecule has 0 saturated heterocycles. The van der Waals surface area contributed by atoms with Crippen LogP contribution in [0, 0.1) is 17.0 Å². The molecule has 0 aromatic carbocycles. The summed E-state index contributed by atoms with van der Waals surface area (Å²) >= 11 is 1.70. The fraction of sp³-hybridized carbons (Fsp3) is 0.357. The second kappa shape index (κ2) is 6.47. The molecule has 0 aliphatic heterocycles. The molecule has 1 unspecified atom stereocenters. The summed E-state index contributed by atoms with van der Waals surface area (Å²) in [6.07, 6.45) is 2.06. The van der Waals surface area contributed by atoms with Crippen LogP contribution < -0.4 is 5.32 Å². The maximum absolute atomic E-state index is 10.8. The molecule has 0 amide bonds. The van der Waals surface area contributed by atoms with Crippen LogP contribution in [0.2, 0.25) is 0 Å². The molecule has 0 bridgehead atoms. The number of hydrogen-bond donors (Lipinski definition) is 1. The van der Waals surface area contributed by atoms with E-state index >= 15 is 0 Å². The topological polar surface area (TPSA) is 68.1 Å². The molecule has 0 spiro atoms. The number of rotatable bonds is 6. The first-order chi connectivity index (χ1) is 9.61. The maximum Gasteiger partial charge on any atom is 0.290 e. The Morgan fingerprint density at radius 2 is 2.25 bits per heavy atom. The van der Waals surface area contributed by atoms with Gasteiger partial charge in [0, 0.05) is 10.9 Å². The van der Waals surface area contributed by atoms with Crippen LogP contribution in [0.3, 0.4) is 0 Å². The van der Waals surface area contributed by atoms with Gasteiger partial charge < -0.3 is 5.32 Å². The lowest BCUT2D eigenvalue weighted by Crippen LogP contribution is -2.11. The molecule has 0 aliphatic rings. The van der Waals surface area contributed by atoms with Gasteiger partial charge in [0.15, 0.2) is 0 Å². The van der Waals surface area contributed by atoms with Gasteiger partial charge in [0.05, 0.1) is 11.0 Å². The van der Waals surface area contributed by atoms with Crippen molar-refractivity contribution in [3.05, 3.63) is 50.3 Å².